The van der Waals surface area contributed by atoms with Crippen molar-refractivity contribution in [2.75, 3.05) is 13.7 Å². The summed E-state index contributed by atoms with van der Waals surface area (Å²) in [5, 5.41) is 5.90. The van der Waals surface area contributed by atoms with Crippen LogP contribution in [0, 0.1) is 5.82 Å². The molecular formula is C18H17FN2O2. The highest BCUT2D eigenvalue weighted by Crippen LogP contribution is 2.19. The Bertz CT molecular complexity index is 741. The second kappa shape index (κ2) is 6.60. The Labute approximate surface area is 134 Å². The van der Waals surface area contributed by atoms with Crippen molar-refractivity contribution < 1.29 is 13.9 Å². The summed E-state index contributed by atoms with van der Waals surface area (Å²) in [6.45, 7) is 0.562. The zero-order valence-electron chi connectivity index (χ0n) is 12.8. The zero-order valence-corrected chi connectivity index (χ0v) is 12.8. The van der Waals surface area contributed by atoms with Crippen molar-refractivity contribution >= 4 is 11.6 Å². The third-order valence-electron chi connectivity index (χ3n) is 3.76. The van der Waals surface area contributed by atoms with Crippen molar-refractivity contribution in [3.8, 4) is 5.75 Å². The smallest absolute Gasteiger partial charge is 0.247 e. The van der Waals surface area contributed by atoms with Crippen LogP contribution in [-0.2, 0) is 11.2 Å². The van der Waals surface area contributed by atoms with Crippen LogP contribution in [0.2, 0.25) is 0 Å². The largest absolute Gasteiger partial charge is 0.497 e. The van der Waals surface area contributed by atoms with E-state index in [0.717, 1.165) is 22.6 Å². The third-order valence-corrected chi connectivity index (χ3v) is 3.76. The van der Waals surface area contributed by atoms with Gasteiger partial charge < -0.3 is 4.74 Å². The lowest BCUT2D eigenvalue weighted by molar-refractivity contribution is -0.130. The van der Waals surface area contributed by atoms with Gasteiger partial charge in [0.2, 0.25) is 5.91 Å². The summed E-state index contributed by atoms with van der Waals surface area (Å²) in [7, 11) is 1.62. The van der Waals surface area contributed by atoms with Gasteiger partial charge >= 0.3 is 0 Å². The first-order valence-electron chi connectivity index (χ1n) is 7.42. The molecule has 2 aromatic carbocycles. The molecule has 5 heteroatoms. The van der Waals surface area contributed by atoms with Crippen molar-refractivity contribution in [1.29, 1.82) is 0 Å². The van der Waals surface area contributed by atoms with E-state index in [2.05, 4.69) is 5.10 Å². The topological polar surface area (TPSA) is 41.9 Å². The van der Waals surface area contributed by atoms with Gasteiger partial charge in [0.15, 0.2) is 0 Å². The van der Waals surface area contributed by atoms with E-state index in [0.29, 0.717) is 13.0 Å². The minimum atomic E-state index is -0.305. The van der Waals surface area contributed by atoms with Crippen LogP contribution >= 0.6 is 0 Å². The van der Waals surface area contributed by atoms with Crippen molar-refractivity contribution in [2.45, 2.75) is 12.8 Å². The number of hydrogen-bond donors (Lipinski definition) is 0. The molecular weight excluding hydrogens is 295 g/mol. The quantitative estimate of drug-likeness (QED) is 0.871. The predicted molar refractivity (Wildman–Crippen MR) is 86.0 cm³/mol. The Hall–Kier alpha value is -2.69. The number of benzene rings is 2. The Morgan fingerprint density at radius 3 is 2.78 bits per heavy atom. The molecule has 1 aliphatic heterocycles. The van der Waals surface area contributed by atoms with E-state index in [9.17, 15) is 9.18 Å². The first-order chi connectivity index (χ1) is 11.2. The van der Waals surface area contributed by atoms with E-state index in [4.69, 9.17) is 4.74 Å². The van der Waals surface area contributed by atoms with E-state index >= 15 is 0 Å². The van der Waals surface area contributed by atoms with E-state index in [1.807, 2.05) is 24.3 Å². The number of ether oxygens (including phenoxy) is 1. The molecule has 3 rings (SSSR count). The van der Waals surface area contributed by atoms with Crippen LogP contribution in [0.5, 0.6) is 5.75 Å². The molecule has 0 saturated carbocycles. The molecule has 23 heavy (non-hydrogen) atoms. The summed E-state index contributed by atoms with van der Waals surface area (Å²) in [6, 6.07) is 13.6. The number of nitrogens with zero attached hydrogens (tertiary/aromatic N) is 2. The number of halogens is 1. The van der Waals surface area contributed by atoms with Crippen LogP contribution in [0.3, 0.4) is 0 Å². The maximum Gasteiger partial charge on any atom is 0.247 e. The van der Waals surface area contributed by atoms with Gasteiger partial charge in [-0.05, 0) is 29.8 Å². The number of hydrogen-bond acceptors (Lipinski definition) is 3. The van der Waals surface area contributed by atoms with E-state index < -0.39 is 0 Å². The lowest BCUT2D eigenvalue weighted by Crippen LogP contribution is -2.25. The number of rotatable bonds is 4. The predicted octanol–water partition coefficient (Wildman–Crippen LogP) is 3.01. The van der Waals surface area contributed by atoms with E-state index in [1.165, 1.54) is 17.1 Å². The molecule has 0 atom stereocenters. The summed E-state index contributed by atoms with van der Waals surface area (Å²) in [6.07, 6.45) is 0.928. The van der Waals surface area contributed by atoms with Gasteiger partial charge in [-0.25, -0.2) is 9.40 Å². The van der Waals surface area contributed by atoms with Gasteiger partial charge in [-0.15, -0.1) is 0 Å². The van der Waals surface area contributed by atoms with Crippen LogP contribution in [0.4, 0.5) is 4.39 Å². The molecule has 1 amide bonds. The van der Waals surface area contributed by atoms with Gasteiger partial charge in [-0.1, -0.05) is 24.3 Å². The summed E-state index contributed by atoms with van der Waals surface area (Å²) in [4.78, 5) is 12.3. The average molecular weight is 312 g/mol. The van der Waals surface area contributed by atoms with Crippen LogP contribution in [0.15, 0.2) is 53.6 Å². The highest BCUT2D eigenvalue weighted by Gasteiger charge is 2.21. The van der Waals surface area contributed by atoms with Crippen LogP contribution in [0.25, 0.3) is 0 Å². The number of hydrazone groups is 1. The number of amides is 1. The Morgan fingerprint density at radius 1 is 1.26 bits per heavy atom. The normalized spacial score (nSPS) is 13.8. The fourth-order valence-electron chi connectivity index (χ4n) is 2.51. The molecule has 118 valence electrons. The number of carbonyl (C=O) groups excluding carboxylic acids is 1. The van der Waals surface area contributed by atoms with Gasteiger partial charge in [0, 0.05) is 12.0 Å². The standard InChI is InChI=1S/C18H17FN2O2/c1-23-16-4-2-3-14(12-16)17-9-10-21(20-17)18(22)11-13-5-7-15(19)8-6-13/h2-8,12H,9-11H2,1H3. The highest BCUT2D eigenvalue weighted by atomic mass is 19.1. The molecule has 0 fully saturated rings. The highest BCUT2D eigenvalue weighted by molar-refractivity contribution is 6.03. The first kappa shape index (κ1) is 15.2. The summed E-state index contributed by atoms with van der Waals surface area (Å²) >= 11 is 0. The van der Waals surface area contributed by atoms with Gasteiger partial charge in [0.1, 0.15) is 11.6 Å². The molecule has 0 spiro atoms. The molecule has 0 radical (unpaired) electrons. The SMILES string of the molecule is COc1cccc(C2=NN(C(=O)Cc3ccc(F)cc3)CC2)c1. The zero-order chi connectivity index (χ0) is 16.2. The van der Waals surface area contributed by atoms with Gasteiger partial charge in [-0.2, -0.15) is 5.10 Å². The van der Waals surface area contributed by atoms with Gasteiger partial charge in [0.05, 0.1) is 25.8 Å². The maximum absolute atomic E-state index is 12.9. The molecule has 1 heterocycles. The second-order valence-electron chi connectivity index (χ2n) is 5.35. The summed E-state index contributed by atoms with van der Waals surface area (Å²) in [5.74, 6) is 0.372. The molecule has 0 aromatic heterocycles. The van der Waals surface area contributed by atoms with Gasteiger partial charge in [0.25, 0.3) is 0 Å². The molecule has 4 nitrogen and oxygen atoms in total. The number of carbonyl (C=O) groups is 1. The van der Waals surface area contributed by atoms with E-state index in [-0.39, 0.29) is 18.1 Å². The minimum Gasteiger partial charge on any atom is -0.497 e. The van der Waals surface area contributed by atoms with E-state index in [1.54, 1.807) is 19.2 Å². The molecule has 0 unspecified atom stereocenters. The van der Waals surface area contributed by atoms with Crippen molar-refractivity contribution in [1.82, 2.24) is 5.01 Å². The monoisotopic (exact) mass is 312 g/mol. The molecule has 0 saturated heterocycles. The third kappa shape index (κ3) is 3.56. The second-order valence-corrected chi connectivity index (χ2v) is 5.35. The Balaban J connectivity index is 1.71. The molecule has 0 N–H and O–H groups in total. The lowest BCUT2D eigenvalue weighted by Gasteiger charge is -2.11. The summed E-state index contributed by atoms with van der Waals surface area (Å²) < 4.78 is 18.1. The van der Waals surface area contributed by atoms with Gasteiger partial charge in [-0.3, -0.25) is 4.79 Å². The number of methoxy groups -OCH3 is 1. The van der Waals surface area contributed by atoms with Crippen LogP contribution < -0.4 is 4.74 Å². The molecule has 0 bridgehead atoms. The maximum atomic E-state index is 12.9. The first-order valence-corrected chi connectivity index (χ1v) is 7.42. The van der Waals surface area contributed by atoms with Crippen LogP contribution in [-0.4, -0.2) is 30.3 Å². The summed E-state index contributed by atoms with van der Waals surface area (Å²) in [5.41, 5.74) is 2.61. The van der Waals surface area contributed by atoms with Crippen molar-refractivity contribution in [3.63, 3.8) is 0 Å². The molecule has 2 aromatic rings. The fourth-order valence-corrected chi connectivity index (χ4v) is 2.51. The minimum absolute atomic E-state index is 0.0884. The average Bonchev–Trinajstić information content (AvgIpc) is 3.07. The molecule has 1 aliphatic rings. The molecule has 0 aliphatic carbocycles. The van der Waals surface area contributed by atoms with Crippen molar-refractivity contribution in [2.24, 2.45) is 5.10 Å². The Kier molecular flexibility index (Phi) is 4.37. The lowest BCUT2D eigenvalue weighted by atomic mass is 10.1. The Morgan fingerprint density at radius 2 is 2.04 bits per heavy atom. The van der Waals surface area contributed by atoms with Crippen molar-refractivity contribution in [3.05, 3.63) is 65.5 Å². The van der Waals surface area contributed by atoms with Crippen LogP contribution in [0.1, 0.15) is 17.5 Å². The fraction of sp³-hybridized carbons (Fsp3) is 0.222.